The van der Waals surface area contributed by atoms with Gasteiger partial charge >= 0.3 is 6.01 Å². The zero-order valence-corrected chi connectivity index (χ0v) is 12.4. The molecule has 2 rings (SSSR count). The zero-order chi connectivity index (χ0) is 13.8. The summed E-state index contributed by atoms with van der Waals surface area (Å²) in [5.41, 5.74) is 0. The topological polar surface area (TPSA) is 59.9 Å². The first-order valence-corrected chi connectivity index (χ1v) is 7.20. The van der Waals surface area contributed by atoms with Gasteiger partial charge in [-0.1, -0.05) is 26.7 Å². The average Bonchev–Trinajstić information content (AvgIpc) is 2.38. The fraction of sp³-hybridized carbons (Fsp3) is 0.769. The van der Waals surface area contributed by atoms with E-state index in [2.05, 4.69) is 34.1 Å². The van der Waals surface area contributed by atoms with Crippen molar-refractivity contribution in [3.8, 4) is 6.01 Å². The van der Waals surface area contributed by atoms with Crippen molar-refractivity contribution < 1.29 is 4.74 Å². The Hall–Kier alpha value is -1.10. The Labute approximate surface area is 119 Å². The molecule has 6 heteroatoms. The fourth-order valence-electron chi connectivity index (χ4n) is 2.79. The van der Waals surface area contributed by atoms with Gasteiger partial charge in [-0.2, -0.15) is 15.0 Å². The second-order valence-corrected chi connectivity index (χ2v) is 5.70. The molecule has 1 heterocycles. The molecule has 1 aliphatic carbocycles. The highest BCUT2D eigenvalue weighted by Crippen LogP contribution is 2.31. The van der Waals surface area contributed by atoms with Crippen LogP contribution < -0.4 is 10.1 Å². The first-order chi connectivity index (χ1) is 9.10. The van der Waals surface area contributed by atoms with Gasteiger partial charge < -0.3 is 10.1 Å². The normalized spacial score (nSPS) is 23.4. The van der Waals surface area contributed by atoms with Crippen molar-refractivity contribution in [1.29, 1.82) is 0 Å². The molecule has 0 radical (unpaired) electrons. The van der Waals surface area contributed by atoms with Crippen LogP contribution in [0.2, 0.25) is 5.28 Å². The van der Waals surface area contributed by atoms with Gasteiger partial charge in [-0.05, 0) is 36.3 Å². The molecule has 106 valence electrons. The summed E-state index contributed by atoms with van der Waals surface area (Å²) in [4.78, 5) is 12.2. The molecule has 1 aliphatic rings. The van der Waals surface area contributed by atoms with Crippen LogP contribution in [0.1, 0.15) is 39.5 Å². The van der Waals surface area contributed by atoms with Gasteiger partial charge in [-0.3, -0.25) is 0 Å². The first kappa shape index (κ1) is 14.3. The molecule has 0 amide bonds. The van der Waals surface area contributed by atoms with E-state index in [1.54, 1.807) is 0 Å². The Morgan fingerprint density at radius 2 is 1.95 bits per heavy atom. The monoisotopic (exact) mass is 284 g/mol. The lowest BCUT2D eigenvalue weighted by atomic mass is 9.78. The van der Waals surface area contributed by atoms with Gasteiger partial charge in [0, 0.05) is 6.04 Å². The number of halogens is 1. The highest BCUT2D eigenvalue weighted by Gasteiger charge is 2.28. The number of rotatable bonds is 4. The van der Waals surface area contributed by atoms with Crippen molar-refractivity contribution in [3.05, 3.63) is 5.28 Å². The Bertz CT molecular complexity index is 427. The van der Waals surface area contributed by atoms with Crippen LogP contribution in [-0.2, 0) is 0 Å². The van der Waals surface area contributed by atoms with Crippen molar-refractivity contribution in [2.75, 3.05) is 12.4 Å². The van der Waals surface area contributed by atoms with Gasteiger partial charge in [-0.15, -0.1) is 0 Å². The molecule has 1 N–H and O–H groups in total. The van der Waals surface area contributed by atoms with Crippen LogP contribution in [0.3, 0.4) is 0 Å². The number of nitrogens with one attached hydrogen (secondary N) is 1. The molecule has 0 aromatic carbocycles. The number of nitrogens with zero attached hydrogens (tertiary/aromatic N) is 3. The van der Waals surface area contributed by atoms with Crippen LogP contribution in [0.5, 0.6) is 6.01 Å². The van der Waals surface area contributed by atoms with E-state index in [9.17, 15) is 0 Å². The van der Waals surface area contributed by atoms with Crippen LogP contribution in [-0.4, -0.2) is 28.1 Å². The molecule has 19 heavy (non-hydrogen) atoms. The first-order valence-electron chi connectivity index (χ1n) is 6.82. The standard InChI is InChI=1S/C13H21ClN4O/c1-8(2)9-6-4-5-7-10(9)15-12-16-11(14)17-13(18-12)19-3/h8-10H,4-7H2,1-3H3,(H,15,16,17,18). The minimum absolute atomic E-state index is 0.159. The molecular formula is C13H21ClN4O. The average molecular weight is 285 g/mol. The Morgan fingerprint density at radius 3 is 2.63 bits per heavy atom. The number of methoxy groups -OCH3 is 1. The van der Waals surface area contributed by atoms with Gasteiger partial charge in [-0.25, -0.2) is 0 Å². The molecule has 0 saturated heterocycles. The molecule has 1 aromatic rings. The number of ether oxygens (including phenoxy) is 1. The number of anilines is 1. The third-order valence-electron chi connectivity index (χ3n) is 3.76. The van der Waals surface area contributed by atoms with Gasteiger partial charge in [0.05, 0.1) is 7.11 Å². The van der Waals surface area contributed by atoms with Crippen molar-refractivity contribution in [2.24, 2.45) is 11.8 Å². The SMILES string of the molecule is COc1nc(Cl)nc(NC2CCCCC2C(C)C)n1. The van der Waals surface area contributed by atoms with Crippen LogP contribution in [0.4, 0.5) is 5.95 Å². The van der Waals surface area contributed by atoms with Crippen LogP contribution in [0, 0.1) is 11.8 Å². The van der Waals surface area contributed by atoms with Crippen molar-refractivity contribution in [3.63, 3.8) is 0 Å². The van der Waals surface area contributed by atoms with Crippen LogP contribution in [0.25, 0.3) is 0 Å². The van der Waals surface area contributed by atoms with Crippen molar-refractivity contribution in [2.45, 2.75) is 45.6 Å². The summed E-state index contributed by atoms with van der Waals surface area (Å²) < 4.78 is 5.01. The molecular weight excluding hydrogens is 264 g/mol. The van der Waals surface area contributed by atoms with E-state index in [-0.39, 0.29) is 11.3 Å². The zero-order valence-electron chi connectivity index (χ0n) is 11.7. The Kier molecular flexibility index (Phi) is 4.80. The van der Waals surface area contributed by atoms with E-state index >= 15 is 0 Å². The quantitative estimate of drug-likeness (QED) is 0.920. The fourth-order valence-corrected chi connectivity index (χ4v) is 2.94. The van der Waals surface area contributed by atoms with E-state index in [4.69, 9.17) is 16.3 Å². The van der Waals surface area contributed by atoms with E-state index in [0.29, 0.717) is 23.8 Å². The van der Waals surface area contributed by atoms with Crippen LogP contribution in [0.15, 0.2) is 0 Å². The summed E-state index contributed by atoms with van der Waals surface area (Å²) in [6, 6.07) is 0.649. The lowest BCUT2D eigenvalue weighted by Crippen LogP contribution is -2.35. The predicted molar refractivity (Wildman–Crippen MR) is 75.6 cm³/mol. The number of hydrogen-bond donors (Lipinski definition) is 1. The van der Waals surface area contributed by atoms with E-state index in [1.165, 1.54) is 26.4 Å². The molecule has 0 aliphatic heterocycles. The maximum atomic E-state index is 5.86. The van der Waals surface area contributed by atoms with Crippen LogP contribution >= 0.6 is 11.6 Å². The van der Waals surface area contributed by atoms with Gasteiger partial charge in [0.15, 0.2) is 0 Å². The molecule has 0 bridgehead atoms. The van der Waals surface area contributed by atoms with Gasteiger partial charge in [0.1, 0.15) is 0 Å². The molecule has 1 saturated carbocycles. The highest BCUT2D eigenvalue weighted by atomic mass is 35.5. The second-order valence-electron chi connectivity index (χ2n) is 5.36. The van der Waals surface area contributed by atoms with Crippen molar-refractivity contribution >= 4 is 17.5 Å². The summed E-state index contributed by atoms with van der Waals surface area (Å²) in [6.45, 7) is 4.54. The van der Waals surface area contributed by atoms with Gasteiger partial charge in [0.2, 0.25) is 11.2 Å². The Balaban J connectivity index is 2.12. The maximum Gasteiger partial charge on any atom is 0.322 e. The smallest absolute Gasteiger partial charge is 0.322 e. The number of hydrogen-bond acceptors (Lipinski definition) is 5. The summed E-state index contributed by atoms with van der Waals surface area (Å²) in [6.07, 6.45) is 4.96. The molecule has 2 unspecified atom stereocenters. The summed E-state index contributed by atoms with van der Waals surface area (Å²) in [5.74, 6) is 1.81. The summed E-state index contributed by atoms with van der Waals surface area (Å²) in [7, 11) is 1.52. The van der Waals surface area contributed by atoms with E-state index < -0.39 is 0 Å². The summed E-state index contributed by atoms with van der Waals surface area (Å²) >= 11 is 5.86. The minimum atomic E-state index is 0.159. The minimum Gasteiger partial charge on any atom is -0.467 e. The molecule has 5 nitrogen and oxygen atoms in total. The second kappa shape index (κ2) is 6.37. The number of aromatic nitrogens is 3. The van der Waals surface area contributed by atoms with Gasteiger partial charge in [0.25, 0.3) is 0 Å². The predicted octanol–water partition coefficient (Wildman–Crippen LogP) is 3.16. The highest BCUT2D eigenvalue weighted by molar-refractivity contribution is 6.28. The molecule has 0 spiro atoms. The third-order valence-corrected chi connectivity index (χ3v) is 3.93. The summed E-state index contributed by atoms with van der Waals surface area (Å²) in [5, 5.41) is 3.56. The lowest BCUT2D eigenvalue weighted by Gasteiger charge is -2.34. The lowest BCUT2D eigenvalue weighted by molar-refractivity contribution is 0.253. The molecule has 2 atom stereocenters. The van der Waals surface area contributed by atoms with E-state index in [1.807, 2.05) is 0 Å². The third kappa shape index (κ3) is 3.69. The Morgan fingerprint density at radius 1 is 1.21 bits per heavy atom. The van der Waals surface area contributed by atoms with E-state index in [0.717, 1.165) is 6.42 Å². The molecule has 1 fully saturated rings. The molecule has 1 aromatic heterocycles. The largest absolute Gasteiger partial charge is 0.467 e. The van der Waals surface area contributed by atoms with Crippen molar-refractivity contribution in [1.82, 2.24) is 15.0 Å². The maximum absolute atomic E-state index is 5.86.